The van der Waals surface area contributed by atoms with E-state index in [1.807, 2.05) is 0 Å². The lowest BCUT2D eigenvalue weighted by Crippen LogP contribution is -2.28. The van der Waals surface area contributed by atoms with Gasteiger partial charge < -0.3 is 0 Å². The molecular formula is C27H21Br. The molecular weight excluding hydrogens is 404 g/mol. The normalized spacial score (nSPS) is 13.8. The van der Waals surface area contributed by atoms with Gasteiger partial charge in [-0.05, 0) is 47.7 Å². The molecule has 4 aromatic rings. The summed E-state index contributed by atoms with van der Waals surface area (Å²) in [5.41, 5.74) is 10.2. The molecule has 0 N–H and O–H groups in total. The molecule has 0 aromatic heterocycles. The van der Waals surface area contributed by atoms with Crippen molar-refractivity contribution >= 4 is 15.9 Å². The maximum Gasteiger partial charge on any atom is 0.0713 e. The largest absolute Gasteiger partial charge is 0.0713 e. The molecule has 0 heterocycles. The minimum Gasteiger partial charge on any atom is -0.0619 e. The highest BCUT2D eigenvalue weighted by Gasteiger charge is 2.46. The van der Waals surface area contributed by atoms with Crippen LogP contribution in [0.15, 0.2) is 95.5 Å². The third kappa shape index (κ3) is 2.36. The Bertz CT molecular complexity index is 1120. The lowest BCUT2D eigenvalue weighted by Gasteiger charge is -2.34. The van der Waals surface area contributed by atoms with Crippen molar-refractivity contribution < 1.29 is 0 Å². The van der Waals surface area contributed by atoms with E-state index in [4.69, 9.17) is 0 Å². The summed E-state index contributed by atoms with van der Waals surface area (Å²) in [7, 11) is 0. The summed E-state index contributed by atoms with van der Waals surface area (Å²) in [4.78, 5) is 0. The summed E-state index contributed by atoms with van der Waals surface area (Å²) in [5, 5.41) is 0. The predicted molar refractivity (Wildman–Crippen MR) is 121 cm³/mol. The van der Waals surface area contributed by atoms with Gasteiger partial charge in [0, 0.05) is 10.0 Å². The zero-order valence-corrected chi connectivity index (χ0v) is 17.6. The van der Waals surface area contributed by atoms with E-state index in [1.165, 1.54) is 44.5 Å². The molecule has 4 aromatic carbocycles. The van der Waals surface area contributed by atoms with Crippen LogP contribution >= 0.6 is 15.9 Å². The quantitative estimate of drug-likeness (QED) is 0.276. The second-order valence-corrected chi connectivity index (χ2v) is 8.54. The van der Waals surface area contributed by atoms with Gasteiger partial charge in [-0.15, -0.1) is 0 Å². The minimum atomic E-state index is -0.308. The molecule has 0 amide bonds. The average molecular weight is 425 g/mol. The Kier molecular flexibility index (Phi) is 4.03. The molecule has 1 aliphatic carbocycles. The van der Waals surface area contributed by atoms with Gasteiger partial charge in [0.15, 0.2) is 0 Å². The molecule has 0 fully saturated rings. The highest BCUT2D eigenvalue weighted by Crippen LogP contribution is 2.57. The lowest BCUT2D eigenvalue weighted by molar-refractivity contribution is 0.767. The molecule has 0 aliphatic heterocycles. The van der Waals surface area contributed by atoms with Crippen LogP contribution in [0.25, 0.3) is 11.1 Å². The first-order valence-corrected chi connectivity index (χ1v) is 10.4. The first kappa shape index (κ1) is 17.5. The molecule has 0 spiro atoms. The van der Waals surface area contributed by atoms with E-state index in [0.29, 0.717) is 0 Å². The number of aryl methyl sites for hydroxylation is 2. The molecule has 0 atom stereocenters. The smallest absolute Gasteiger partial charge is 0.0619 e. The summed E-state index contributed by atoms with van der Waals surface area (Å²) < 4.78 is 1.15. The minimum absolute atomic E-state index is 0.308. The van der Waals surface area contributed by atoms with Gasteiger partial charge in [0.2, 0.25) is 0 Å². The van der Waals surface area contributed by atoms with Gasteiger partial charge in [-0.1, -0.05) is 112 Å². The first-order valence-electron chi connectivity index (χ1n) is 9.65. The SMILES string of the molecule is Cc1ccc(C2(c3ccc(C)cc3)c3ccccc3-c3c(Br)cccc32)cc1. The Balaban J connectivity index is 1.97. The standard InChI is InChI=1S/C27H21Br/c1-18-10-14-20(15-11-18)27(21-16-12-19(2)13-17-21)23-7-4-3-6-22(23)26-24(27)8-5-9-25(26)28/h3-17H,1-2H3. The molecule has 0 radical (unpaired) electrons. The van der Waals surface area contributed by atoms with Crippen LogP contribution in [0.1, 0.15) is 33.4 Å². The van der Waals surface area contributed by atoms with E-state index in [9.17, 15) is 0 Å². The zero-order chi connectivity index (χ0) is 19.3. The number of halogens is 1. The van der Waals surface area contributed by atoms with Crippen molar-refractivity contribution in [3.8, 4) is 11.1 Å². The highest BCUT2D eigenvalue weighted by molar-refractivity contribution is 9.10. The Labute approximate surface area is 175 Å². The van der Waals surface area contributed by atoms with Crippen LogP contribution in [-0.4, -0.2) is 0 Å². The van der Waals surface area contributed by atoms with E-state index in [1.54, 1.807) is 0 Å². The van der Waals surface area contributed by atoms with Crippen LogP contribution in [0.2, 0.25) is 0 Å². The number of benzene rings is 4. The summed E-state index contributed by atoms with van der Waals surface area (Å²) in [6.45, 7) is 4.30. The fraction of sp³-hybridized carbons (Fsp3) is 0.111. The maximum absolute atomic E-state index is 3.84. The summed E-state index contributed by atoms with van der Waals surface area (Å²) in [5.74, 6) is 0. The Hall–Kier alpha value is -2.64. The summed E-state index contributed by atoms with van der Waals surface area (Å²) in [6.07, 6.45) is 0. The van der Waals surface area contributed by atoms with Crippen molar-refractivity contribution in [1.29, 1.82) is 0 Å². The zero-order valence-electron chi connectivity index (χ0n) is 16.0. The number of hydrogen-bond donors (Lipinski definition) is 0. The Morgan fingerprint density at radius 1 is 0.571 bits per heavy atom. The topological polar surface area (TPSA) is 0 Å². The monoisotopic (exact) mass is 424 g/mol. The van der Waals surface area contributed by atoms with Gasteiger partial charge >= 0.3 is 0 Å². The fourth-order valence-corrected chi connectivity index (χ4v) is 5.26. The molecule has 28 heavy (non-hydrogen) atoms. The van der Waals surface area contributed by atoms with Crippen LogP contribution in [0.3, 0.4) is 0 Å². The van der Waals surface area contributed by atoms with Crippen LogP contribution < -0.4 is 0 Å². The van der Waals surface area contributed by atoms with E-state index in [0.717, 1.165) is 4.47 Å². The second kappa shape index (κ2) is 6.46. The Morgan fingerprint density at radius 3 is 1.71 bits per heavy atom. The molecule has 0 bridgehead atoms. The van der Waals surface area contributed by atoms with Crippen molar-refractivity contribution in [1.82, 2.24) is 0 Å². The van der Waals surface area contributed by atoms with Crippen LogP contribution in [0.5, 0.6) is 0 Å². The van der Waals surface area contributed by atoms with E-state index < -0.39 is 0 Å². The first-order chi connectivity index (χ1) is 13.6. The van der Waals surface area contributed by atoms with Gasteiger partial charge in [0.05, 0.1) is 5.41 Å². The van der Waals surface area contributed by atoms with Crippen molar-refractivity contribution in [2.75, 3.05) is 0 Å². The predicted octanol–water partition coefficient (Wildman–Crippen LogP) is 7.43. The fourth-order valence-electron chi connectivity index (χ4n) is 4.68. The molecule has 5 rings (SSSR count). The van der Waals surface area contributed by atoms with E-state index in [2.05, 4.69) is 121 Å². The maximum atomic E-state index is 3.84. The molecule has 1 aliphatic rings. The lowest BCUT2D eigenvalue weighted by atomic mass is 9.67. The molecule has 0 nitrogen and oxygen atoms in total. The third-order valence-electron chi connectivity index (χ3n) is 5.99. The third-order valence-corrected chi connectivity index (χ3v) is 6.65. The molecule has 0 saturated carbocycles. The number of rotatable bonds is 2. The molecule has 1 heteroatoms. The van der Waals surface area contributed by atoms with Gasteiger partial charge in [0.1, 0.15) is 0 Å². The average Bonchev–Trinajstić information content (AvgIpc) is 3.02. The summed E-state index contributed by atoms with van der Waals surface area (Å²) >= 11 is 3.84. The van der Waals surface area contributed by atoms with Gasteiger partial charge in [-0.2, -0.15) is 0 Å². The van der Waals surface area contributed by atoms with Gasteiger partial charge in [-0.3, -0.25) is 0 Å². The Morgan fingerprint density at radius 2 is 1.11 bits per heavy atom. The van der Waals surface area contributed by atoms with E-state index in [-0.39, 0.29) is 5.41 Å². The number of fused-ring (bicyclic) bond motifs is 3. The van der Waals surface area contributed by atoms with Crippen LogP contribution in [0.4, 0.5) is 0 Å². The van der Waals surface area contributed by atoms with Crippen LogP contribution in [-0.2, 0) is 5.41 Å². The highest BCUT2D eigenvalue weighted by atomic mass is 79.9. The van der Waals surface area contributed by atoms with Crippen LogP contribution in [0, 0.1) is 13.8 Å². The molecule has 0 unspecified atom stereocenters. The van der Waals surface area contributed by atoms with Gasteiger partial charge in [-0.25, -0.2) is 0 Å². The van der Waals surface area contributed by atoms with Crippen molar-refractivity contribution in [2.45, 2.75) is 19.3 Å². The number of hydrogen-bond acceptors (Lipinski definition) is 0. The molecule has 136 valence electrons. The summed E-state index contributed by atoms with van der Waals surface area (Å²) in [6, 6.07) is 33.5. The second-order valence-electron chi connectivity index (χ2n) is 7.69. The van der Waals surface area contributed by atoms with Crippen molar-refractivity contribution in [2.24, 2.45) is 0 Å². The van der Waals surface area contributed by atoms with Gasteiger partial charge in [0.25, 0.3) is 0 Å². The molecule has 0 saturated heterocycles. The van der Waals surface area contributed by atoms with Crippen molar-refractivity contribution in [3.63, 3.8) is 0 Å². The van der Waals surface area contributed by atoms with Crippen molar-refractivity contribution in [3.05, 3.63) is 129 Å². The van der Waals surface area contributed by atoms with E-state index >= 15 is 0 Å².